The molecule has 0 saturated carbocycles. The Morgan fingerprint density at radius 1 is 1.00 bits per heavy atom. The van der Waals surface area contributed by atoms with E-state index in [1.165, 1.54) is 30.3 Å². The highest BCUT2D eigenvalue weighted by Crippen LogP contribution is 2.31. The largest absolute Gasteiger partial charge is 0.416 e. The number of rotatable bonds is 6. The number of halogens is 4. The van der Waals surface area contributed by atoms with Crippen LogP contribution in [0.2, 0.25) is 5.02 Å². The smallest absolute Gasteiger partial charge is 0.325 e. The topological polar surface area (TPSA) is 66.5 Å². The van der Waals surface area contributed by atoms with E-state index in [1.807, 2.05) is 0 Å². The first-order valence-electron chi connectivity index (χ1n) is 9.29. The van der Waals surface area contributed by atoms with Crippen molar-refractivity contribution in [2.45, 2.75) is 18.0 Å². The summed E-state index contributed by atoms with van der Waals surface area (Å²) in [6, 6.07) is 16.1. The highest BCUT2D eigenvalue weighted by atomic mass is 35.5. The van der Waals surface area contributed by atoms with Gasteiger partial charge in [-0.05, 0) is 61.0 Å². The van der Waals surface area contributed by atoms with Crippen LogP contribution in [-0.2, 0) is 21.0 Å². The molecular weight excluding hydrogens is 465 g/mol. The maximum absolute atomic E-state index is 13.3. The predicted octanol–water partition coefficient (Wildman–Crippen LogP) is 5.50. The van der Waals surface area contributed by atoms with Gasteiger partial charge in [-0.2, -0.15) is 13.2 Å². The van der Waals surface area contributed by atoms with Crippen LogP contribution in [0, 0.1) is 6.92 Å². The number of hydrogen-bond donors (Lipinski definition) is 1. The Kier molecular flexibility index (Phi) is 6.80. The molecule has 0 fully saturated rings. The van der Waals surface area contributed by atoms with E-state index in [2.05, 4.69) is 5.32 Å². The highest BCUT2D eigenvalue weighted by molar-refractivity contribution is 7.92. The molecule has 1 N–H and O–H groups in total. The zero-order chi connectivity index (χ0) is 23.5. The molecule has 1 amide bonds. The molecule has 3 aromatic carbocycles. The molecular formula is C22H18ClF3N2O3S. The van der Waals surface area contributed by atoms with Gasteiger partial charge in [0.15, 0.2) is 0 Å². The molecule has 0 radical (unpaired) electrons. The van der Waals surface area contributed by atoms with Crippen LogP contribution in [0.15, 0.2) is 77.7 Å². The Balaban J connectivity index is 1.94. The number of nitrogens with one attached hydrogen (secondary N) is 1. The minimum Gasteiger partial charge on any atom is -0.325 e. The second-order valence-electron chi connectivity index (χ2n) is 6.88. The maximum atomic E-state index is 13.3. The van der Waals surface area contributed by atoms with Gasteiger partial charge in [0.25, 0.3) is 10.0 Å². The molecule has 10 heteroatoms. The number of nitrogens with zero attached hydrogens (tertiary/aromatic N) is 1. The molecule has 168 valence electrons. The van der Waals surface area contributed by atoms with E-state index in [-0.39, 0.29) is 16.3 Å². The van der Waals surface area contributed by atoms with E-state index in [0.29, 0.717) is 10.6 Å². The normalized spacial score (nSPS) is 11.8. The quantitative estimate of drug-likeness (QED) is 0.504. The second-order valence-corrected chi connectivity index (χ2v) is 9.18. The number of amides is 1. The van der Waals surface area contributed by atoms with Crippen molar-refractivity contribution in [3.05, 3.63) is 88.9 Å². The molecule has 0 unspecified atom stereocenters. The standard InChI is InChI=1S/C22H18ClF3N2O3S/c1-15-5-2-3-8-20(15)28(32(30,31)19-11-9-17(23)10-12-19)14-21(29)27-18-7-4-6-16(13-18)22(24,25)26/h2-13H,14H2,1H3,(H,27,29). The van der Waals surface area contributed by atoms with E-state index in [4.69, 9.17) is 11.6 Å². The number of carbonyl (C=O) groups excluding carboxylic acids is 1. The van der Waals surface area contributed by atoms with E-state index in [9.17, 15) is 26.4 Å². The zero-order valence-corrected chi connectivity index (χ0v) is 18.3. The summed E-state index contributed by atoms with van der Waals surface area (Å²) in [4.78, 5) is 12.6. The number of hydrogen-bond acceptors (Lipinski definition) is 3. The first-order chi connectivity index (χ1) is 15.0. The molecule has 3 aromatic rings. The van der Waals surface area contributed by atoms with E-state index >= 15 is 0 Å². The van der Waals surface area contributed by atoms with Crippen molar-refractivity contribution < 1.29 is 26.4 Å². The SMILES string of the molecule is Cc1ccccc1N(CC(=O)Nc1cccc(C(F)(F)F)c1)S(=O)(=O)c1ccc(Cl)cc1. The molecule has 0 heterocycles. The van der Waals surface area contributed by atoms with Crippen LogP contribution in [0.1, 0.15) is 11.1 Å². The molecule has 0 aliphatic carbocycles. The first kappa shape index (κ1) is 23.6. The van der Waals surface area contributed by atoms with E-state index in [0.717, 1.165) is 22.5 Å². The van der Waals surface area contributed by atoms with Crippen molar-refractivity contribution in [3.8, 4) is 0 Å². The molecule has 5 nitrogen and oxygen atoms in total. The Labute approximate surface area is 188 Å². The molecule has 3 rings (SSSR count). The molecule has 0 aromatic heterocycles. The zero-order valence-electron chi connectivity index (χ0n) is 16.7. The molecule has 0 atom stereocenters. The van der Waals surface area contributed by atoms with E-state index in [1.54, 1.807) is 31.2 Å². The molecule has 0 saturated heterocycles. The lowest BCUT2D eigenvalue weighted by Crippen LogP contribution is -2.38. The molecule has 0 aliphatic rings. The summed E-state index contributed by atoms with van der Waals surface area (Å²) in [6.45, 7) is 1.04. The van der Waals surface area contributed by atoms with Crippen molar-refractivity contribution in [1.29, 1.82) is 0 Å². The van der Waals surface area contributed by atoms with Gasteiger partial charge >= 0.3 is 6.18 Å². The fraction of sp³-hybridized carbons (Fsp3) is 0.136. The van der Waals surface area contributed by atoms with Crippen molar-refractivity contribution in [1.82, 2.24) is 0 Å². The second kappa shape index (κ2) is 9.22. The number of para-hydroxylation sites is 1. The van der Waals surface area contributed by atoms with Gasteiger partial charge in [-0.3, -0.25) is 9.10 Å². The lowest BCUT2D eigenvalue weighted by molar-refractivity contribution is -0.137. The average Bonchev–Trinajstić information content (AvgIpc) is 2.72. The van der Waals surface area contributed by atoms with Gasteiger partial charge in [-0.25, -0.2) is 8.42 Å². The molecule has 0 aliphatic heterocycles. The Morgan fingerprint density at radius 3 is 2.28 bits per heavy atom. The molecule has 0 bridgehead atoms. The lowest BCUT2D eigenvalue weighted by Gasteiger charge is -2.25. The van der Waals surface area contributed by atoms with Crippen molar-refractivity contribution in [3.63, 3.8) is 0 Å². The summed E-state index contributed by atoms with van der Waals surface area (Å²) in [7, 11) is -4.18. The lowest BCUT2D eigenvalue weighted by atomic mass is 10.2. The van der Waals surface area contributed by atoms with Crippen molar-refractivity contribution in [2.24, 2.45) is 0 Å². The summed E-state index contributed by atoms with van der Waals surface area (Å²) in [5, 5.41) is 2.68. The van der Waals surface area contributed by atoms with Crippen LogP contribution in [0.5, 0.6) is 0 Å². The minimum absolute atomic E-state index is 0.0861. The predicted molar refractivity (Wildman–Crippen MR) is 117 cm³/mol. The summed E-state index contributed by atoms with van der Waals surface area (Å²) >= 11 is 5.85. The van der Waals surface area contributed by atoms with Crippen LogP contribution < -0.4 is 9.62 Å². The summed E-state index contributed by atoms with van der Waals surface area (Å²) in [5.74, 6) is -0.801. The third-order valence-electron chi connectivity index (χ3n) is 4.55. The van der Waals surface area contributed by atoms with Gasteiger partial charge in [0, 0.05) is 10.7 Å². The highest BCUT2D eigenvalue weighted by Gasteiger charge is 2.31. The van der Waals surface area contributed by atoms with Gasteiger partial charge in [0.2, 0.25) is 5.91 Å². The fourth-order valence-corrected chi connectivity index (χ4v) is 4.59. The van der Waals surface area contributed by atoms with Crippen LogP contribution in [0.4, 0.5) is 24.5 Å². The number of sulfonamides is 1. The number of alkyl halides is 3. The Bertz CT molecular complexity index is 1230. The fourth-order valence-electron chi connectivity index (χ4n) is 2.98. The number of aryl methyl sites for hydroxylation is 1. The summed E-state index contributed by atoms with van der Waals surface area (Å²) in [6.07, 6.45) is -4.58. The number of benzene rings is 3. The summed E-state index contributed by atoms with van der Waals surface area (Å²) < 4.78 is 66.4. The molecule has 32 heavy (non-hydrogen) atoms. The van der Waals surface area contributed by atoms with Gasteiger partial charge in [-0.1, -0.05) is 35.9 Å². The van der Waals surface area contributed by atoms with Crippen LogP contribution in [-0.4, -0.2) is 20.9 Å². The van der Waals surface area contributed by atoms with Gasteiger partial charge in [0.05, 0.1) is 16.1 Å². The van der Waals surface area contributed by atoms with Crippen LogP contribution >= 0.6 is 11.6 Å². The number of anilines is 2. The van der Waals surface area contributed by atoms with Crippen LogP contribution in [0.25, 0.3) is 0 Å². The summed E-state index contributed by atoms with van der Waals surface area (Å²) in [5.41, 5.74) is -0.170. The van der Waals surface area contributed by atoms with Gasteiger partial charge in [-0.15, -0.1) is 0 Å². The monoisotopic (exact) mass is 482 g/mol. The van der Waals surface area contributed by atoms with Gasteiger partial charge in [0.1, 0.15) is 6.54 Å². The van der Waals surface area contributed by atoms with Crippen LogP contribution in [0.3, 0.4) is 0 Å². The Morgan fingerprint density at radius 2 is 1.66 bits per heavy atom. The molecule has 0 spiro atoms. The van der Waals surface area contributed by atoms with Crippen molar-refractivity contribution >= 4 is 38.9 Å². The number of carbonyl (C=O) groups is 1. The van der Waals surface area contributed by atoms with Gasteiger partial charge < -0.3 is 5.32 Å². The minimum atomic E-state index is -4.58. The average molecular weight is 483 g/mol. The Hall–Kier alpha value is -3.04. The third-order valence-corrected chi connectivity index (χ3v) is 6.57. The third kappa shape index (κ3) is 5.41. The maximum Gasteiger partial charge on any atom is 0.416 e. The van der Waals surface area contributed by atoms with Crippen molar-refractivity contribution in [2.75, 3.05) is 16.2 Å². The van der Waals surface area contributed by atoms with E-state index < -0.39 is 34.2 Å². The first-order valence-corrected chi connectivity index (χ1v) is 11.1.